The molecule has 2 aliphatic rings. The van der Waals surface area contributed by atoms with Gasteiger partial charge in [0.25, 0.3) is 5.91 Å². The van der Waals surface area contributed by atoms with Crippen molar-refractivity contribution in [3.05, 3.63) is 54.1 Å². The molecule has 2 aromatic carbocycles. The average Bonchev–Trinajstić information content (AvgIpc) is 2.75. The molecule has 6 heteroatoms. The van der Waals surface area contributed by atoms with Gasteiger partial charge in [0.05, 0.1) is 18.8 Å². The van der Waals surface area contributed by atoms with Crippen LogP contribution in [0, 0.1) is 0 Å². The van der Waals surface area contributed by atoms with E-state index in [0.717, 1.165) is 38.5 Å². The molecule has 0 saturated carbocycles. The fourth-order valence-electron chi connectivity index (χ4n) is 3.41. The average molecular weight is 368 g/mol. The number of carbonyl (C=O) groups excluding carboxylic acids is 1. The number of nitrogens with zero attached hydrogens (tertiary/aromatic N) is 2. The third-order valence-electron chi connectivity index (χ3n) is 4.85. The Bertz CT molecular complexity index is 775. The highest BCUT2D eigenvalue weighted by Crippen LogP contribution is 2.35. The molecule has 0 N–H and O–H groups in total. The summed E-state index contributed by atoms with van der Waals surface area (Å²) in [6.45, 7) is 5.65. The summed E-state index contributed by atoms with van der Waals surface area (Å²) in [7, 11) is 0. The number of ether oxygens (including phenoxy) is 3. The van der Waals surface area contributed by atoms with E-state index >= 15 is 0 Å². The lowest BCUT2D eigenvalue weighted by Crippen LogP contribution is -2.43. The second kappa shape index (κ2) is 8.41. The minimum atomic E-state index is -0.0724. The molecule has 0 atom stereocenters. The zero-order valence-electron chi connectivity index (χ0n) is 15.3. The van der Waals surface area contributed by atoms with Crippen LogP contribution in [0.15, 0.2) is 48.5 Å². The third kappa shape index (κ3) is 4.07. The molecule has 0 aromatic heterocycles. The Morgan fingerprint density at radius 1 is 0.926 bits per heavy atom. The summed E-state index contributed by atoms with van der Waals surface area (Å²) in [5, 5.41) is 0. The van der Waals surface area contributed by atoms with E-state index in [-0.39, 0.29) is 5.91 Å². The molecule has 4 rings (SSSR count). The molecule has 6 nitrogen and oxygen atoms in total. The lowest BCUT2D eigenvalue weighted by molar-refractivity contribution is 0.0391. The molecule has 0 spiro atoms. The number of hydrogen-bond acceptors (Lipinski definition) is 5. The van der Waals surface area contributed by atoms with Gasteiger partial charge in [-0.3, -0.25) is 9.69 Å². The van der Waals surface area contributed by atoms with Crippen molar-refractivity contribution in [2.75, 3.05) is 57.5 Å². The van der Waals surface area contributed by atoms with Gasteiger partial charge in [0, 0.05) is 31.9 Å². The summed E-state index contributed by atoms with van der Waals surface area (Å²) < 4.78 is 16.8. The molecule has 2 heterocycles. The predicted molar refractivity (Wildman–Crippen MR) is 103 cm³/mol. The van der Waals surface area contributed by atoms with E-state index < -0.39 is 0 Å². The Morgan fingerprint density at radius 3 is 2.52 bits per heavy atom. The van der Waals surface area contributed by atoms with E-state index in [1.54, 1.807) is 6.07 Å². The first-order valence-electron chi connectivity index (χ1n) is 9.38. The number of fused-ring (bicyclic) bond motifs is 1. The van der Waals surface area contributed by atoms with Crippen LogP contribution in [-0.2, 0) is 4.74 Å². The highest BCUT2D eigenvalue weighted by Gasteiger charge is 2.26. The van der Waals surface area contributed by atoms with Gasteiger partial charge in [-0.1, -0.05) is 24.3 Å². The van der Waals surface area contributed by atoms with Gasteiger partial charge in [0.15, 0.2) is 11.5 Å². The molecule has 1 fully saturated rings. The first-order valence-corrected chi connectivity index (χ1v) is 9.38. The maximum Gasteiger partial charge on any atom is 0.262 e. The van der Waals surface area contributed by atoms with Crippen LogP contribution in [0.4, 0.5) is 5.69 Å². The normalized spacial score (nSPS) is 16.7. The van der Waals surface area contributed by atoms with Crippen molar-refractivity contribution in [3.8, 4) is 11.5 Å². The number of rotatable bonds is 5. The quantitative estimate of drug-likeness (QED) is 0.811. The first-order chi connectivity index (χ1) is 13.3. The second-order valence-electron chi connectivity index (χ2n) is 6.58. The van der Waals surface area contributed by atoms with Gasteiger partial charge in [0.1, 0.15) is 13.2 Å². The maximum atomic E-state index is 13.4. The van der Waals surface area contributed by atoms with Crippen LogP contribution in [0.5, 0.6) is 11.5 Å². The Kier molecular flexibility index (Phi) is 5.55. The Morgan fingerprint density at radius 2 is 1.70 bits per heavy atom. The third-order valence-corrected chi connectivity index (χ3v) is 4.85. The van der Waals surface area contributed by atoms with Crippen LogP contribution in [0.25, 0.3) is 0 Å². The van der Waals surface area contributed by atoms with Crippen molar-refractivity contribution < 1.29 is 19.0 Å². The van der Waals surface area contributed by atoms with E-state index in [2.05, 4.69) is 4.90 Å². The standard InChI is InChI=1S/C21H24N2O4/c24-21(18-7-4-8-19-20(18)27-16-15-26-19)23(17-5-2-1-3-6-17)10-9-22-11-13-25-14-12-22/h1-8H,9-16H2. The number of carbonyl (C=O) groups is 1. The Balaban J connectivity index is 1.59. The molecule has 0 radical (unpaired) electrons. The monoisotopic (exact) mass is 368 g/mol. The smallest absolute Gasteiger partial charge is 0.262 e. The highest BCUT2D eigenvalue weighted by atomic mass is 16.6. The molecule has 1 saturated heterocycles. The largest absolute Gasteiger partial charge is 0.486 e. The molecular weight excluding hydrogens is 344 g/mol. The fraction of sp³-hybridized carbons (Fsp3) is 0.381. The Hall–Kier alpha value is -2.57. The van der Waals surface area contributed by atoms with E-state index in [0.29, 0.717) is 36.8 Å². The van der Waals surface area contributed by atoms with Crippen LogP contribution in [0.2, 0.25) is 0 Å². The molecule has 2 aromatic rings. The summed E-state index contributed by atoms with van der Waals surface area (Å²) in [6, 6.07) is 15.3. The summed E-state index contributed by atoms with van der Waals surface area (Å²) >= 11 is 0. The van der Waals surface area contributed by atoms with Crippen molar-refractivity contribution in [3.63, 3.8) is 0 Å². The van der Waals surface area contributed by atoms with E-state index in [4.69, 9.17) is 14.2 Å². The first kappa shape index (κ1) is 17.8. The molecule has 142 valence electrons. The molecular formula is C21H24N2O4. The minimum absolute atomic E-state index is 0.0724. The van der Waals surface area contributed by atoms with Crippen LogP contribution < -0.4 is 14.4 Å². The lowest BCUT2D eigenvalue weighted by atomic mass is 10.1. The van der Waals surface area contributed by atoms with Gasteiger partial charge < -0.3 is 19.1 Å². The number of anilines is 1. The Labute approximate surface area is 159 Å². The van der Waals surface area contributed by atoms with E-state index in [9.17, 15) is 4.79 Å². The van der Waals surface area contributed by atoms with Crippen molar-refractivity contribution >= 4 is 11.6 Å². The number of benzene rings is 2. The van der Waals surface area contributed by atoms with Gasteiger partial charge in [-0.2, -0.15) is 0 Å². The molecule has 0 unspecified atom stereocenters. The highest BCUT2D eigenvalue weighted by molar-refractivity contribution is 6.08. The summed E-state index contributed by atoms with van der Waals surface area (Å²) in [4.78, 5) is 17.6. The van der Waals surface area contributed by atoms with Crippen LogP contribution >= 0.6 is 0 Å². The number of para-hydroxylation sites is 2. The van der Waals surface area contributed by atoms with Crippen molar-refractivity contribution in [1.29, 1.82) is 0 Å². The van der Waals surface area contributed by atoms with Crippen molar-refractivity contribution in [2.24, 2.45) is 0 Å². The summed E-state index contributed by atoms with van der Waals surface area (Å²) in [5.41, 5.74) is 1.42. The zero-order chi connectivity index (χ0) is 18.5. The number of amides is 1. The maximum absolute atomic E-state index is 13.4. The van der Waals surface area contributed by atoms with E-state index in [1.807, 2.05) is 47.4 Å². The zero-order valence-corrected chi connectivity index (χ0v) is 15.3. The molecule has 1 amide bonds. The van der Waals surface area contributed by atoms with Gasteiger partial charge >= 0.3 is 0 Å². The van der Waals surface area contributed by atoms with Gasteiger partial charge in [-0.25, -0.2) is 0 Å². The minimum Gasteiger partial charge on any atom is -0.486 e. The van der Waals surface area contributed by atoms with Crippen LogP contribution in [0.1, 0.15) is 10.4 Å². The van der Waals surface area contributed by atoms with Crippen LogP contribution in [-0.4, -0.2) is 63.4 Å². The van der Waals surface area contributed by atoms with Gasteiger partial charge in [-0.05, 0) is 24.3 Å². The van der Waals surface area contributed by atoms with Crippen LogP contribution in [0.3, 0.4) is 0 Å². The second-order valence-corrected chi connectivity index (χ2v) is 6.58. The topological polar surface area (TPSA) is 51.2 Å². The summed E-state index contributed by atoms with van der Waals surface area (Å²) in [5.74, 6) is 1.10. The lowest BCUT2D eigenvalue weighted by Gasteiger charge is -2.31. The predicted octanol–water partition coefficient (Wildman–Crippen LogP) is 2.44. The van der Waals surface area contributed by atoms with Crippen molar-refractivity contribution in [2.45, 2.75) is 0 Å². The molecule has 0 aliphatic carbocycles. The molecule has 27 heavy (non-hydrogen) atoms. The van der Waals surface area contributed by atoms with Gasteiger partial charge in [-0.15, -0.1) is 0 Å². The van der Waals surface area contributed by atoms with Gasteiger partial charge in [0.2, 0.25) is 0 Å². The number of hydrogen-bond donors (Lipinski definition) is 0. The SMILES string of the molecule is O=C(c1cccc2c1OCCO2)N(CCN1CCOCC1)c1ccccc1. The molecule has 2 aliphatic heterocycles. The summed E-state index contributed by atoms with van der Waals surface area (Å²) in [6.07, 6.45) is 0. The molecule has 0 bridgehead atoms. The number of morpholine rings is 1. The fourth-order valence-corrected chi connectivity index (χ4v) is 3.41. The van der Waals surface area contributed by atoms with E-state index in [1.165, 1.54) is 0 Å². The van der Waals surface area contributed by atoms with Crippen molar-refractivity contribution in [1.82, 2.24) is 4.90 Å².